The van der Waals surface area contributed by atoms with Crippen LogP contribution in [-0.4, -0.2) is 46.7 Å². The number of fused-ring (bicyclic) bond motifs is 1. The first-order valence-corrected chi connectivity index (χ1v) is 9.41. The van der Waals surface area contributed by atoms with Gasteiger partial charge in [0.05, 0.1) is 29.4 Å². The lowest BCUT2D eigenvalue weighted by Gasteiger charge is -2.32. The predicted molar refractivity (Wildman–Crippen MR) is 93.7 cm³/mol. The Labute approximate surface area is 147 Å². The number of aromatic nitrogens is 2. The lowest BCUT2D eigenvalue weighted by Crippen LogP contribution is -2.45. The number of rotatable bonds is 5. The maximum absolute atomic E-state index is 13.3. The van der Waals surface area contributed by atoms with Crippen LogP contribution in [0.2, 0.25) is 0 Å². The Balaban J connectivity index is 1.75. The Morgan fingerprint density at radius 1 is 1.36 bits per heavy atom. The highest BCUT2D eigenvalue weighted by molar-refractivity contribution is 6.06. The fourth-order valence-corrected chi connectivity index (χ4v) is 3.52. The van der Waals surface area contributed by atoms with Gasteiger partial charge < -0.3 is 14.2 Å². The molecule has 0 N–H and O–H groups in total. The molecule has 1 saturated heterocycles. The van der Waals surface area contributed by atoms with Crippen molar-refractivity contribution in [3.05, 3.63) is 23.0 Å². The van der Waals surface area contributed by atoms with E-state index in [1.165, 1.54) is 0 Å². The first-order chi connectivity index (χ1) is 12.2. The molecule has 25 heavy (non-hydrogen) atoms. The molecule has 0 bridgehead atoms. The highest BCUT2D eigenvalue weighted by Crippen LogP contribution is 2.40. The lowest BCUT2D eigenvalue weighted by molar-refractivity contribution is -0.0225. The number of nitrogens with zero attached hydrogens (tertiary/aromatic N) is 3. The summed E-state index contributed by atoms with van der Waals surface area (Å²) in [6, 6.07) is 1.98. The van der Waals surface area contributed by atoms with E-state index in [0.717, 1.165) is 48.9 Å². The molecule has 0 unspecified atom stereocenters. The van der Waals surface area contributed by atoms with Crippen LogP contribution < -0.4 is 0 Å². The van der Waals surface area contributed by atoms with Crippen molar-refractivity contribution in [3.8, 4) is 0 Å². The molecule has 2 aromatic heterocycles. The zero-order chi connectivity index (χ0) is 17.4. The number of amides is 1. The number of carbonyl (C=O) groups excluding carboxylic acids is 1. The van der Waals surface area contributed by atoms with E-state index in [-0.39, 0.29) is 12.0 Å². The number of morpholine rings is 1. The van der Waals surface area contributed by atoms with Gasteiger partial charge in [0.25, 0.3) is 11.6 Å². The molecule has 1 aliphatic heterocycles. The fraction of sp³-hybridized carbons (Fsp3) is 0.632. The number of ether oxygens (including phenoxy) is 1. The second-order valence-electron chi connectivity index (χ2n) is 7.08. The Bertz CT molecular complexity index is 782. The van der Waals surface area contributed by atoms with Gasteiger partial charge in [0.15, 0.2) is 0 Å². The minimum Gasteiger partial charge on any atom is -0.375 e. The van der Waals surface area contributed by atoms with Crippen LogP contribution in [0.5, 0.6) is 0 Å². The molecule has 1 atom stereocenters. The summed E-state index contributed by atoms with van der Waals surface area (Å²) in [4.78, 5) is 19.8. The molecule has 1 amide bonds. The molecule has 1 saturated carbocycles. The number of carbonyl (C=O) groups is 1. The Morgan fingerprint density at radius 3 is 2.92 bits per heavy atom. The molecule has 134 valence electrons. The first kappa shape index (κ1) is 16.5. The number of hydrogen-bond donors (Lipinski definition) is 0. The lowest BCUT2D eigenvalue weighted by atomic mass is 10.0. The van der Waals surface area contributed by atoms with Gasteiger partial charge in [-0.1, -0.05) is 25.4 Å². The van der Waals surface area contributed by atoms with E-state index in [9.17, 15) is 4.79 Å². The van der Waals surface area contributed by atoms with E-state index in [2.05, 4.69) is 24.0 Å². The van der Waals surface area contributed by atoms with Crippen LogP contribution in [0, 0.1) is 0 Å². The van der Waals surface area contributed by atoms with Crippen LogP contribution in [0.1, 0.15) is 67.2 Å². The molecular formula is C19H25N3O3. The minimum atomic E-state index is 0.0524. The van der Waals surface area contributed by atoms with E-state index in [1.807, 2.05) is 11.0 Å². The normalized spacial score (nSPS) is 21.0. The van der Waals surface area contributed by atoms with Gasteiger partial charge in [-0.2, -0.15) is 0 Å². The quantitative estimate of drug-likeness (QED) is 0.833. The monoisotopic (exact) mass is 343 g/mol. The third kappa shape index (κ3) is 3.15. The zero-order valence-electron chi connectivity index (χ0n) is 15.0. The van der Waals surface area contributed by atoms with Crippen molar-refractivity contribution in [3.63, 3.8) is 0 Å². The highest BCUT2D eigenvalue weighted by atomic mass is 16.5. The summed E-state index contributed by atoms with van der Waals surface area (Å²) >= 11 is 0. The maximum atomic E-state index is 13.3. The summed E-state index contributed by atoms with van der Waals surface area (Å²) < 4.78 is 11.2. The average Bonchev–Trinajstić information content (AvgIpc) is 3.43. The fourth-order valence-electron chi connectivity index (χ4n) is 3.52. The van der Waals surface area contributed by atoms with E-state index in [0.29, 0.717) is 36.9 Å². The minimum absolute atomic E-state index is 0.0524. The molecule has 3 heterocycles. The molecule has 6 nitrogen and oxygen atoms in total. The molecule has 1 aliphatic carbocycles. The maximum Gasteiger partial charge on any atom is 0.259 e. The van der Waals surface area contributed by atoms with E-state index in [4.69, 9.17) is 9.26 Å². The van der Waals surface area contributed by atoms with Crippen molar-refractivity contribution in [2.45, 2.75) is 58.0 Å². The number of hydrogen-bond acceptors (Lipinski definition) is 5. The zero-order valence-corrected chi connectivity index (χ0v) is 15.0. The average molecular weight is 343 g/mol. The van der Waals surface area contributed by atoms with Gasteiger partial charge in [-0.05, 0) is 31.7 Å². The van der Waals surface area contributed by atoms with Gasteiger partial charge in [0.1, 0.15) is 0 Å². The van der Waals surface area contributed by atoms with Crippen molar-refractivity contribution >= 4 is 17.0 Å². The smallest absolute Gasteiger partial charge is 0.259 e. The Kier molecular flexibility index (Phi) is 4.46. The van der Waals surface area contributed by atoms with Crippen LogP contribution in [0.3, 0.4) is 0 Å². The molecule has 0 radical (unpaired) electrons. The van der Waals surface area contributed by atoms with Crippen LogP contribution >= 0.6 is 0 Å². The van der Waals surface area contributed by atoms with Crippen molar-refractivity contribution in [2.24, 2.45) is 0 Å². The summed E-state index contributed by atoms with van der Waals surface area (Å²) in [6.45, 7) is 6.06. The first-order valence-electron chi connectivity index (χ1n) is 9.41. The summed E-state index contributed by atoms with van der Waals surface area (Å²) in [7, 11) is 0. The van der Waals surface area contributed by atoms with Crippen molar-refractivity contribution in [1.29, 1.82) is 0 Å². The van der Waals surface area contributed by atoms with E-state index >= 15 is 0 Å². The SMILES string of the molecule is CCCc1noc2nc(C3CC3)cc(C(=O)N3CCO[C@@H](CC)C3)c12. The number of pyridine rings is 1. The summed E-state index contributed by atoms with van der Waals surface area (Å²) in [5, 5.41) is 4.99. The van der Waals surface area contributed by atoms with Gasteiger partial charge in [-0.25, -0.2) is 4.98 Å². The van der Waals surface area contributed by atoms with E-state index < -0.39 is 0 Å². The number of aryl methyl sites for hydroxylation is 1. The van der Waals surface area contributed by atoms with Crippen molar-refractivity contribution < 1.29 is 14.1 Å². The molecule has 4 rings (SSSR count). The van der Waals surface area contributed by atoms with E-state index in [1.54, 1.807) is 0 Å². The molecule has 0 aromatic carbocycles. The van der Waals surface area contributed by atoms with Gasteiger partial charge in [-0.3, -0.25) is 4.79 Å². The molecule has 0 spiro atoms. The van der Waals surface area contributed by atoms with Crippen molar-refractivity contribution in [2.75, 3.05) is 19.7 Å². The van der Waals surface area contributed by atoms with Crippen LogP contribution in [0.4, 0.5) is 0 Å². The Morgan fingerprint density at radius 2 is 2.20 bits per heavy atom. The van der Waals surface area contributed by atoms with Crippen LogP contribution in [0.15, 0.2) is 10.6 Å². The summed E-state index contributed by atoms with van der Waals surface area (Å²) in [5.41, 5.74) is 3.02. The van der Waals surface area contributed by atoms with Gasteiger partial charge >= 0.3 is 0 Å². The summed E-state index contributed by atoms with van der Waals surface area (Å²) in [6.07, 6.45) is 5.05. The third-order valence-corrected chi connectivity index (χ3v) is 5.13. The molecule has 2 aliphatic rings. The van der Waals surface area contributed by atoms with Crippen molar-refractivity contribution in [1.82, 2.24) is 15.0 Å². The standard InChI is InChI=1S/C19H25N3O3/c1-3-5-15-17-14(19(23)22-8-9-24-13(4-2)11-22)10-16(12-6-7-12)20-18(17)25-21-15/h10,12-13H,3-9,11H2,1-2H3/t13-/m0/s1. The summed E-state index contributed by atoms with van der Waals surface area (Å²) in [5.74, 6) is 0.514. The topological polar surface area (TPSA) is 68.5 Å². The molecule has 2 aromatic rings. The molecule has 6 heteroatoms. The molecule has 2 fully saturated rings. The second kappa shape index (κ2) is 6.75. The Hall–Kier alpha value is -1.95. The predicted octanol–water partition coefficient (Wildman–Crippen LogP) is 3.30. The van der Waals surface area contributed by atoms with Gasteiger partial charge in [0.2, 0.25) is 0 Å². The largest absolute Gasteiger partial charge is 0.375 e. The highest BCUT2D eigenvalue weighted by Gasteiger charge is 2.31. The van der Waals surface area contributed by atoms with Gasteiger partial charge in [-0.15, -0.1) is 0 Å². The van der Waals surface area contributed by atoms with Gasteiger partial charge in [0, 0.05) is 24.7 Å². The second-order valence-corrected chi connectivity index (χ2v) is 7.08. The van der Waals surface area contributed by atoms with Crippen LogP contribution in [-0.2, 0) is 11.2 Å². The third-order valence-electron chi connectivity index (χ3n) is 5.13. The van der Waals surface area contributed by atoms with Crippen LogP contribution in [0.25, 0.3) is 11.1 Å². The molecular weight excluding hydrogens is 318 g/mol.